The molecule has 190 valence electrons. The molecule has 0 bridgehead atoms. The lowest BCUT2D eigenvalue weighted by atomic mass is 10.1. The lowest BCUT2D eigenvalue weighted by Gasteiger charge is -2.33. The van der Waals surface area contributed by atoms with Crippen molar-refractivity contribution in [2.45, 2.75) is 20.1 Å². The number of anilines is 5. The predicted octanol–water partition coefficient (Wildman–Crippen LogP) is 3.31. The highest BCUT2D eigenvalue weighted by Gasteiger charge is 2.17. The zero-order valence-corrected chi connectivity index (χ0v) is 20.7. The molecule has 0 radical (unpaired) electrons. The van der Waals surface area contributed by atoms with Crippen molar-refractivity contribution < 1.29 is 14.6 Å². The summed E-state index contributed by atoms with van der Waals surface area (Å²) in [7, 11) is 0. The highest BCUT2D eigenvalue weighted by atomic mass is 16.5. The Morgan fingerprint density at radius 3 is 2.19 bits per heavy atom. The van der Waals surface area contributed by atoms with E-state index in [2.05, 4.69) is 43.6 Å². The number of morpholine rings is 2. The van der Waals surface area contributed by atoms with Gasteiger partial charge in [-0.25, -0.2) is 9.97 Å². The van der Waals surface area contributed by atoms with Crippen molar-refractivity contribution in [3.63, 3.8) is 0 Å². The molecule has 0 unspecified atom stereocenters. The second-order valence-corrected chi connectivity index (χ2v) is 9.09. The van der Waals surface area contributed by atoms with Crippen LogP contribution in [-0.4, -0.2) is 67.7 Å². The van der Waals surface area contributed by atoms with Gasteiger partial charge in [0.25, 0.3) is 0 Å². The predicted molar refractivity (Wildman–Crippen MR) is 142 cm³/mol. The number of aryl methyl sites for hydroxylation is 1. The summed E-state index contributed by atoms with van der Waals surface area (Å²) in [6.07, 6.45) is 1.78. The molecule has 0 aliphatic carbocycles. The van der Waals surface area contributed by atoms with E-state index >= 15 is 0 Å². The van der Waals surface area contributed by atoms with Gasteiger partial charge in [0.15, 0.2) is 0 Å². The zero-order valence-electron chi connectivity index (χ0n) is 20.7. The quantitative estimate of drug-likeness (QED) is 0.440. The number of aromatic nitrogens is 2. The van der Waals surface area contributed by atoms with Crippen molar-refractivity contribution in [2.24, 2.45) is 0 Å². The molecule has 2 aliphatic heterocycles. The van der Waals surface area contributed by atoms with Crippen LogP contribution in [0.1, 0.15) is 16.8 Å². The van der Waals surface area contributed by atoms with Crippen molar-refractivity contribution in [2.75, 3.05) is 73.0 Å². The molecule has 2 aliphatic rings. The smallest absolute Gasteiger partial charge is 0.227 e. The molecule has 3 heterocycles. The molecule has 0 spiro atoms. The number of aliphatic hydroxyl groups excluding tert-OH is 1. The van der Waals surface area contributed by atoms with E-state index in [1.165, 1.54) is 11.4 Å². The minimum Gasteiger partial charge on any atom is -0.392 e. The van der Waals surface area contributed by atoms with Crippen molar-refractivity contribution >= 4 is 28.7 Å². The van der Waals surface area contributed by atoms with Crippen LogP contribution in [0, 0.1) is 6.92 Å². The molecule has 0 amide bonds. The Balaban J connectivity index is 1.34. The lowest BCUT2D eigenvalue weighted by Crippen LogP contribution is -2.38. The Kier molecular flexibility index (Phi) is 7.80. The fourth-order valence-electron chi connectivity index (χ4n) is 4.50. The van der Waals surface area contributed by atoms with Crippen LogP contribution in [0.4, 0.5) is 28.7 Å². The standard InChI is InChI=1S/C27H34N6O3/c1-20-2-3-21(19-34)14-26(20)29-18-22-4-5-28-27(30-22)31-23-15-24(32-6-10-35-11-7-32)17-25(16-23)33-8-12-36-13-9-33/h2-5,14-17,29,34H,6-13,18-19H2,1H3,(H,28,30,31). The third-order valence-electron chi connectivity index (χ3n) is 6.57. The molecule has 0 atom stereocenters. The van der Waals surface area contributed by atoms with Crippen molar-refractivity contribution in [1.82, 2.24) is 9.97 Å². The van der Waals surface area contributed by atoms with Crippen molar-refractivity contribution in [3.05, 3.63) is 65.5 Å². The Morgan fingerprint density at radius 1 is 0.889 bits per heavy atom. The van der Waals surface area contributed by atoms with Crippen LogP contribution in [0.15, 0.2) is 48.7 Å². The van der Waals surface area contributed by atoms with Crippen LogP contribution in [0.5, 0.6) is 0 Å². The summed E-state index contributed by atoms with van der Waals surface area (Å²) in [5, 5.41) is 16.3. The number of rotatable bonds is 8. The minimum absolute atomic E-state index is 0.0203. The number of nitrogens with one attached hydrogen (secondary N) is 2. The second kappa shape index (κ2) is 11.6. The molecular formula is C27H34N6O3. The van der Waals surface area contributed by atoms with Gasteiger partial charge >= 0.3 is 0 Å². The molecular weight excluding hydrogens is 456 g/mol. The van der Waals surface area contributed by atoms with Crippen LogP contribution in [0.2, 0.25) is 0 Å². The fraction of sp³-hybridized carbons (Fsp3) is 0.407. The largest absolute Gasteiger partial charge is 0.392 e. The van der Waals surface area contributed by atoms with E-state index in [1.807, 2.05) is 31.2 Å². The van der Waals surface area contributed by atoms with Crippen LogP contribution < -0.4 is 20.4 Å². The third-order valence-corrected chi connectivity index (χ3v) is 6.57. The van der Waals surface area contributed by atoms with Gasteiger partial charge in [-0.15, -0.1) is 0 Å². The SMILES string of the molecule is Cc1ccc(CO)cc1NCc1ccnc(Nc2cc(N3CCOCC3)cc(N3CCOCC3)c2)n1. The second-order valence-electron chi connectivity index (χ2n) is 9.09. The first kappa shape index (κ1) is 24.3. The fourth-order valence-corrected chi connectivity index (χ4v) is 4.50. The number of hydrogen-bond acceptors (Lipinski definition) is 9. The van der Waals surface area contributed by atoms with E-state index in [0.717, 1.165) is 80.8 Å². The van der Waals surface area contributed by atoms with Gasteiger partial charge in [-0.3, -0.25) is 0 Å². The Morgan fingerprint density at radius 2 is 1.56 bits per heavy atom. The molecule has 1 aromatic heterocycles. The molecule has 2 aromatic carbocycles. The van der Waals surface area contributed by atoms with Crippen molar-refractivity contribution in [1.29, 1.82) is 0 Å². The van der Waals surface area contributed by atoms with Crippen LogP contribution in [0.3, 0.4) is 0 Å². The van der Waals surface area contributed by atoms with Crippen LogP contribution in [0.25, 0.3) is 0 Å². The maximum atomic E-state index is 9.45. The highest BCUT2D eigenvalue weighted by Crippen LogP contribution is 2.30. The van der Waals surface area contributed by atoms with Gasteiger partial charge in [0.2, 0.25) is 5.95 Å². The van der Waals surface area contributed by atoms with E-state index in [-0.39, 0.29) is 6.61 Å². The van der Waals surface area contributed by atoms with Gasteiger partial charge < -0.3 is 35.0 Å². The number of hydrogen-bond donors (Lipinski definition) is 3. The molecule has 2 fully saturated rings. The highest BCUT2D eigenvalue weighted by molar-refractivity contribution is 5.71. The summed E-state index contributed by atoms with van der Waals surface area (Å²) in [5.41, 5.74) is 7.16. The number of aliphatic hydroxyl groups is 1. The maximum absolute atomic E-state index is 9.45. The molecule has 3 aromatic rings. The van der Waals surface area contributed by atoms with Gasteiger partial charge in [-0.05, 0) is 48.4 Å². The van der Waals surface area contributed by atoms with E-state index in [1.54, 1.807) is 6.20 Å². The van der Waals surface area contributed by atoms with Gasteiger partial charge in [0, 0.05) is 55.1 Å². The van der Waals surface area contributed by atoms with Gasteiger partial charge in [-0.2, -0.15) is 0 Å². The molecule has 0 saturated carbocycles. The molecule has 2 saturated heterocycles. The van der Waals surface area contributed by atoms with E-state index < -0.39 is 0 Å². The average molecular weight is 491 g/mol. The average Bonchev–Trinajstić information content (AvgIpc) is 2.93. The number of benzene rings is 2. The molecule has 36 heavy (non-hydrogen) atoms. The van der Waals surface area contributed by atoms with Crippen LogP contribution >= 0.6 is 0 Å². The van der Waals surface area contributed by atoms with Gasteiger partial charge in [0.1, 0.15) is 0 Å². The van der Waals surface area contributed by atoms with Gasteiger partial charge in [0.05, 0.1) is 45.3 Å². The monoisotopic (exact) mass is 490 g/mol. The summed E-state index contributed by atoms with van der Waals surface area (Å²) >= 11 is 0. The Hall–Kier alpha value is -3.40. The first-order valence-electron chi connectivity index (χ1n) is 12.5. The summed E-state index contributed by atoms with van der Waals surface area (Å²) in [6.45, 7) is 9.08. The van der Waals surface area contributed by atoms with Crippen molar-refractivity contribution in [3.8, 4) is 0 Å². The molecule has 5 rings (SSSR count). The summed E-state index contributed by atoms with van der Waals surface area (Å²) < 4.78 is 11.1. The summed E-state index contributed by atoms with van der Waals surface area (Å²) in [4.78, 5) is 13.9. The van der Waals surface area contributed by atoms with Crippen LogP contribution in [-0.2, 0) is 22.6 Å². The number of ether oxygens (including phenoxy) is 2. The lowest BCUT2D eigenvalue weighted by molar-refractivity contribution is 0.122. The van der Waals surface area contributed by atoms with E-state index in [0.29, 0.717) is 12.5 Å². The normalized spacial score (nSPS) is 16.2. The summed E-state index contributed by atoms with van der Waals surface area (Å²) in [6, 6.07) is 14.4. The molecule has 3 N–H and O–H groups in total. The topological polar surface area (TPSA) is 95.0 Å². The van der Waals surface area contributed by atoms with E-state index in [9.17, 15) is 5.11 Å². The van der Waals surface area contributed by atoms with Gasteiger partial charge in [-0.1, -0.05) is 12.1 Å². The minimum atomic E-state index is 0.0203. The summed E-state index contributed by atoms with van der Waals surface area (Å²) in [5.74, 6) is 0.558. The van der Waals surface area contributed by atoms with E-state index in [4.69, 9.17) is 14.5 Å². The Bertz CT molecular complexity index is 1130. The molecule has 9 nitrogen and oxygen atoms in total. The molecule has 9 heteroatoms. The maximum Gasteiger partial charge on any atom is 0.227 e. The third kappa shape index (κ3) is 6.04. The first-order chi connectivity index (χ1) is 17.7. The number of nitrogens with zero attached hydrogens (tertiary/aromatic N) is 4. The first-order valence-corrected chi connectivity index (χ1v) is 12.5. The Labute approximate surface area is 212 Å². The zero-order chi connectivity index (χ0) is 24.7.